The summed E-state index contributed by atoms with van der Waals surface area (Å²) in [5.41, 5.74) is 8.53. The van der Waals surface area contributed by atoms with Crippen molar-refractivity contribution in [2.24, 2.45) is 0 Å². The van der Waals surface area contributed by atoms with E-state index >= 15 is 0 Å². The van der Waals surface area contributed by atoms with E-state index in [0.29, 0.717) is 24.3 Å². The number of aromatic hydroxyl groups is 1. The first-order chi connectivity index (χ1) is 14.9. The summed E-state index contributed by atoms with van der Waals surface area (Å²) in [5.74, 6) is -1.17. The molecule has 8 heteroatoms. The number of pyridine rings is 1. The number of amides is 1. The molecule has 3 N–H and O–H groups in total. The van der Waals surface area contributed by atoms with Crippen LogP contribution in [-0.4, -0.2) is 27.4 Å². The van der Waals surface area contributed by atoms with Gasteiger partial charge in [-0.2, -0.15) is 0 Å². The molecule has 1 aromatic heterocycles. The second-order valence-corrected chi connectivity index (χ2v) is 7.29. The van der Waals surface area contributed by atoms with Gasteiger partial charge in [-0.25, -0.2) is 8.78 Å². The molecular formula is C23H21F2N3O3. The smallest absolute Gasteiger partial charge is 0.264 e. The Morgan fingerprint density at radius 3 is 2.81 bits per heavy atom. The number of benzene rings is 2. The van der Waals surface area contributed by atoms with Crippen LogP contribution < -0.4 is 10.5 Å². The van der Waals surface area contributed by atoms with Crippen molar-refractivity contribution >= 4 is 11.6 Å². The van der Waals surface area contributed by atoms with Gasteiger partial charge in [-0.3, -0.25) is 9.78 Å². The lowest BCUT2D eigenvalue weighted by Crippen LogP contribution is -2.36. The van der Waals surface area contributed by atoms with Gasteiger partial charge in [0.2, 0.25) is 0 Å². The Morgan fingerprint density at radius 1 is 1.23 bits per heavy atom. The summed E-state index contributed by atoms with van der Waals surface area (Å²) in [6.07, 6.45) is -0.645. The molecule has 0 unspecified atom stereocenters. The number of alkyl halides is 2. The zero-order valence-corrected chi connectivity index (χ0v) is 16.6. The van der Waals surface area contributed by atoms with Gasteiger partial charge in [-0.1, -0.05) is 18.2 Å². The van der Waals surface area contributed by atoms with Gasteiger partial charge in [0.15, 0.2) is 0 Å². The maximum absolute atomic E-state index is 13.3. The number of aromatic nitrogens is 1. The maximum atomic E-state index is 13.3. The molecular weight excluding hydrogens is 404 g/mol. The van der Waals surface area contributed by atoms with Crippen molar-refractivity contribution in [2.75, 3.05) is 12.3 Å². The number of fused-ring (bicyclic) bond motifs is 1. The van der Waals surface area contributed by atoms with Gasteiger partial charge in [-0.05, 0) is 47.9 Å². The molecule has 0 atom stereocenters. The number of halogens is 2. The number of nitrogens with two attached hydrogens (primary N) is 1. The first-order valence-electron chi connectivity index (χ1n) is 9.77. The highest BCUT2D eigenvalue weighted by Gasteiger charge is 2.29. The third kappa shape index (κ3) is 4.28. The summed E-state index contributed by atoms with van der Waals surface area (Å²) in [5, 5.41) is 10.5. The van der Waals surface area contributed by atoms with Crippen molar-refractivity contribution in [3.63, 3.8) is 0 Å². The van der Waals surface area contributed by atoms with Crippen LogP contribution in [0.3, 0.4) is 0 Å². The van der Waals surface area contributed by atoms with Gasteiger partial charge in [0.05, 0.1) is 5.69 Å². The van der Waals surface area contributed by atoms with Crippen molar-refractivity contribution in [3.05, 3.63) is 82.7 Å². The fourth-order valence-electron chi connectivity index (χ4n) is 3.65. The lowest BCUT2D eigenvalue weighted by Gasteiger charge is -2.30. The summed E-state index contributed by atoms with van der Waals surface area (Å²) in [4.78, 5) is 19.0. The molecule has 31 heavy (non-hydrogen) atoms. The lowest BCUT2D eigenvalue weighted by atomic mass is 9.97. The summed E-state index contributed by atoms with van der Waals surface area (Å²) in [6.45, 7) is 0.630. The van der Waals surface area contributed by atoms with E-state index < -0.39 is 23.6 Å². The SMILES string of the molecule is Nc1cccc2c1CN(C(=O)c1c(O)cc(C(F)F)cc1OCc1ccccn1)CC2. The van der Waals surface area contributed by atoms with Gasteiger partial charge < -0.3 is 20.5 Å². The van der Waals surface area contributed by atoms with Crippen LogP contribution in [0.5, 0.6) is 11.5 Å². The number of carbonyl (C=O) groups is 1. The number of nitrogen functional groups attached to an aromatic ring is 1. The number of anilines is 1. The molecule has 3 aromatic rings. The predicted octanol–water partition coefficient (Wildman–Crippen LogP) is 4.08. The normalized spacial score (nSPS) is 13.2. The quantitative estimate of drug-likeness (QED) is 0.602. The van der Waals surface area contributed by atoms with E-state index in [1.54, 1.807) is 30.5 Å². The van der Waals surface area contributed by atoms with Crippen molar-refractivity contribution in [1.29, 1.82) is 0 Å². The van der Waals surface area contributed by atoms with E-state index in [2.05, 4.69) is 4.98 Å². The van der Waals surface area contributed by atoms with Crippen LogP contribution in [0.1, 0.15) is 39.2 Å². The average molecular weight is 425 g/mol. The van der Waals surface area contributed by atoms with Crippen molar-refractivity contribution in [2.45, 2.75) is 26.0 Å². The molecule has 0 bridgehead atoms. The molecule has 1 aliphatic heterocycles. The molecule has 0 radical (unpaired) electrons. The number of ether oxygens (including phenoxy) is 1. The minimum Gasteiger partial charge on any atom is -0.507 e. The van der Waals surface area contributed by atoms with Crippen LogP contribution in [0.25, 0.3) is 0 Å². The second-order valence-electron chi connectivity index (χ2n) is 7.29. The standard InChI is InChI=1S/C23H21F2N3O3/c24-22(25)15-10-19(29)21(20(11-15)31-13-16-5-1-2-8-27-16)23(30)28-9-7-14-4-3-6-18(26)17(14)12-28/h1-6,8,10-11,22,29H,7,9,12-13,26H2. The molecule has 1 amide bonds. The molecule has 0 spiro atoms. The topological polar surface area (TPSA) is 88.7 Å². The molecule has 0 fully saturated rings. The van der Waals surface area contributed by atoms with E-state index in [1.165, 1.54) is 4.90 Å². The van der Waals surface area contributed by atoms with Gasteiger partial charge in [0.25, 0.3) is 12.3 Å². The molecule has 0 saturated heterocycles. The lowest BCUT2D eigenvalue weighted by molar-refractivity contribution is 0.0726. The Bertz CT molecular complexity index is 1110. The minimum atomic E-state index is -2.83. The highest BCUT2D eigenvalue weighted by molar-refractivity contribution is 6.00. The van der Waals surface area contributed by atoms with Crippen molar-refractivity contribution in [3.8, 4) is 11.5 Å². The molecule has 160 valence electrons. The highest BCUT2D eigenvalue weighted by atomic mass is 19.3. The number of hydrogen-bond acceptors (Lipinski definition) is 5. The Kier molecular flexibility index (Phi) is 5.70. The van der Waals surface area contributed by atoms with Crippen LogP contribution in [0, 0.1) is 0 Å². The van der Waals surface area contributed by atoms with E-state index in [1.807, 2.05) is 12.1 Å². The Morgan fingerprint density at radius 2 is 2.06 bits per heavy atom. The Hall–Kier alpha value is -3.68. The molecule has 0 saturated carbocycles. The number of rotatable bonds is 5. The molecule has 2 aromatic carbocycles. The fourth-order valence-corrected chi connectivity index (χ4v) is 3.65. The number of hydrogen-bond donors (Lipinski definition) is 2. The van der Waals surface area contributed by atoms with Crippen LogP contribution in [0.2, 0.25) is 0 Å². The van der Waals surface area contributed by atoms with Gasteiger partial charge in [0, 0.05) is 30.5 Å². The maximum Gasteiger partial charge on any atom is 0.264 e. The van der Waals surface area contributed by atoms with Crippen LogP contribution in [0.4, 0.5) is 14.5 Å². The summed E-state index contributed by atoms with van der Waals surface area (Å²) >= 11 is 0. The van der Waals surface area contributed by atoms with E-state index in [9.17, 15) is 18.7 Å². The number of phenolic OH excluding ortho intramolecular Hbond substituents is 1. The molecule has 0 aliphatic carbocycles. The Balaban J connectivity index is 1.66. The highest BCUT2D eigenvalue weighted by Crippen LogP contribution is 2.36. The largest absolute Gasteiger partial charge is 0.507 e. The Labute approximate surface area is 177 Å². The number of nitrogens with zero attached hydrogens (tertiary/aromatic N) is 2. The van der Waals surface area contributed by atoms with Crippen LogP contribution >= 0.6 is 0 Å². The van der Waals surface area contributed by atoms with Crippen molar-refractivity contribution in [1.82, 2.24) is 9.88 Å². The zero-order valence-electron chi connectivity index (χ0n) is 16.6. The first kappa shape index (κ1) is 20.6. The third-order valence-electron chi connectivity index (χ3n) is 5.27. The minimum absolute atomic E-state index is 0.0387. The van der Waals surface area contributed by atoms with Crippen LogP contribution in [0.15, 0.2) is 54.7 Å². The van der Waals surface area contributed by atoms with E-state index in [-0.39, 0.29) is 24.5 Å². The molecule has 1 aliphatic rings. The molecule has 6 nitrogen and oxygen atoms in total. The van der Waals surface area contributed by atoms with E-state index in [4.69, 9.17) is 10.5 Å². The number of carbonyl (C=O) groups excluding carboxylic acids is 1. The van der Waals surface area contributed by atoms with Gasteiger partial charge in [0.1, 0.15) is 23.7 Å². The summed E-state index contributed by atoms with van der Waals surface area (Å²) in [6, 6.07) is 12.8. The first-order valence-corrected chi connectivity index (χ1v) is 9.77. The zero-order chi connectivity index (χ0) is 22.0. The van der Waals surface area contributed by atoms with Gasteiger partial charge >= 0.3 is 0 Å². The monoisotopic (exact) mass is 425 g/mol. The summed E-state index contributed by atoms with van der Waals surface area (Å²) < 4.78 is 32.3. The van der Waals surface area contributed by atoms with E-state index in [0.717, 1.165) is 23.3 Å². The average Bonchev–Trinajstić information content (AvgIpc) is 2.77. The number of phenols is 1. The molecule has 4 rings (SSSR count). The third-order valence-corrected chi connectivity index (χ3v) is 5.27. The predicted molar refractivity (Wildman–Crippen MR) is 111 cm³/mol. The van der Waals surface area contributed by atoms with Gasteiger partial charge in [-0.15, -0.1) is 0 Å². The molecule has 2 heterocycles. The van der Waals surface area contributed by atoms with Crippen molar-refractivity contribution < 1.29 is 23.4 Å². The summed E-state index contributed by atoms with van der Waals surface area (Å²) in [7, 11) is 0. The second kappa shape index (κ2) is 8.59. The van der Waals surface area contributed by atoms with Crippen LogP contribution in [-0.2, 0) is 19.6 Å². The fraction of sp³-hybridized carbons (Fsp3) is 0.217.